The van der Waals surface area contributed by atoms with E-state index in [1.807, 2.05) is 12.1 Å². The van der Waals surface area contributed by atoms with Gasteiger partial charge >= 0.3 is 0 Å². The number of hydrogen-bond donors (Lipinski definition) is 1. The molecule has 1 N–H and O–H groups in total. The summed E-state index contributed by atoms with van der Waals surface area (Å²) in [6.07, 6.45) is 4.83. The van der Waals surface area contributed by atoms with Gasteiger partial charge in [-0.15, -0.1) is 0 Å². The molecule has 1 aliphatic rings. The molecule has 0 atom stereocenters. The van der Waals surface area contributed by atoms with E-state index in [0.29, 0.717) is 6.41 Å². The van der Waals surface area contributed by atoms with Crippen molar-refractivity contribution in [3.8, 4) is 0 Å². The molecule has 0 bridgehead atoms. The van der Waals surface area contributed by atoms with Crippen molar-refractivity contribution in [3.63, 3.8) is 0 Å². The van der Waals surface area contributed by atoms with Gasteiger partial charge in [0.2, 0.25) is 6.41 Å². The Morgan fingerprint density at radius 3 is 2.71 bits per heavy atom. The number of carbonyl (C=O) groups is 1. The van der Waals surface area contributed by atoms with Crippen LogP contribution in [0.1, 0.15) is 12.8 Å². The topological polar surface area (TPSA) is 45.2 Å². The Bertz CT molecular complexity index is 304. The maximum absolute atomic E-state index is 10.2. The van der Waals surface area contributed by atoms with Gasteiger partial charge in [-0.05, 0) is 25.0 Å². The lowest BCUT2D eigenvalue weighted by atomic mass is 10.4. The monoisotopic (exact) mass is 191 g/mol. The lowest BCUT2D eigenvalue weighted by molar-refractivity contribution is -0.105. The van der Waals surface area contributed by atoms with Gasteiger partial charge in [0.15, 0.2) is 0 Å². The van der Waals surface area contributed by atoms with Gasteiger partial charge in [-0.25, -0.2) is 4.98 Å². The summed E-state index contributed by atoms with van der Waals surface area (Å²) in [4.78, 5) is 16.7. The van der Waals surface area contributed by atoms with E-state index in [9.17, 15) is 4.79 Å². The smallest absolute Gasteiger partial charge is 0.211 e. The minimum absolute atomic E-state index is 0.659. The molecule has 1 fully saturated rings. The normalized spacial score (nSPS) is 15.6. The van der Waals surface area contributed by atoms with E-state index >= 15 is 0 Å². The molecule has 2 heterocycles. The molecule has 0 unspecified atom stereocenters. The summed E-state index contributed by atoms with van der Waals surface area (Å²) < 4.78 is 0. The van der Waals surface area contributed by atoms with Crippen LogP contribution in [0.5, 0.6) is 0 Å². The summed E-state index contributed by atoms with van der Waals surface area (Å²) in [7, 11) is 0. The van der Waals surface area contributed by atoms with Crippen molar-refractivity contribution >= 4 is 17.9 Å². The highest BCUT2D eigenvalue weighted by atomic mass is 16.1. The summed E-state index contributed by atoms with van der Waals surface area (Å²) in [5.74, 6) is 0.999. The first-order valence-electron chi connectivity index (χ1n) is 4.81. The Balaban J connectivity index is 2.08. The molecule has 1 aliphatic heterocycles. The van der Waals surface area contributed by atoms with Gasteiger partial charge < -0.3 is 10.2 Å². The van der Waals surface area contributed by atoms with Gasteiger partial charge in [0.1, 0.15) is 5.82 Å². The quantitative estimate of drug-likeness (QED) is 0.731. The zero-order valence-electron chi connectivity index (χ0n) is 7.94. The fraction of sp³-hybridized carbons (Fsp3) is 0.400. The van der Waals surface area contributed by atoms with Crippen molar-refractivity contribution in [2.24, 2.45) is 0 Å². The lowest BCUT2D eigenvalue weighted by Gasteiger charge is -2.15. The second-order valence-electron chi connectivity index (χ2n) is 3.36. The number of anilines is 2. The summed E-state index contributed by atoms with van der Waals surface area (Å²) in [5, 5.41) is 2.56. The SMILES string of the molecule is O=CNc1ccc(N2CCCC2)nc1. The molecular formula is C10H13N3O. The molecule has 2 rings (SSSR count). The van der Waals surface area contributed by atoms with Crippen LogP contribution in [0, 0.1) is 0 Å². The largest absolute Gasteiger partial charge is 0.357 e. The van der Waals surface area contributed by atoms with Gasteiger partial charge in [-0.1, -0.05) is 0 Å². The second-order valence-corrected chi connectivity index (χ2v) is 3.36. The molecule has 1 amide bonds. The molecular weight excluding hydrogens is 178 g/mol. The molecule has 4 nitrogen and oxygen atoms in total. The molecule has 1 aromatic heterocycles. The number of nitrogens with zero attached hydrogens (tertiary/aromatic N) is 2. The third-order valence-corrected chi connectivity index (χ3v) is 2.40. The molecule has 0 saturated carbocycles. The minimum Gasteiger partial charge on any atom is -0.357 e. The van der Waals surface area contributed by atoms with Crippen LogP contribution in [0.4, 0.5) is 11.5 Å². The molecule has 1 aromatic rings. The van der Waals surface area contributed by atoms with Gasteiger partial charge in [0.05, 0.1) is 11.9 Å². The Morgan fingerprint density at radius 2 is 2.14 bits per heavy atom. The number of hydrogen-bond acceptors (Lipinski definition) is 3. The van der Waals surface area contributed by atoms with E-state index in [-0.39, 0.29) is 0 Å². The third kappa shape index (κ3) is 1.84. The summed E-state index contributed by atoms with van der Waals surface area (Å²) in [6.45, 7) is 2.18. The fourth-order valence-electron chi connectivity index (χ4n) is 1.67. The zero-order chi connectivity index (χ0) is 9.80. The highest BCUT2D eigenvalue weighted by Crippen LogP contribution is 2.18. The van der Waals surface area contributed by atoms with Crippen molar-refractivity contribution in [2.75, 3.05) is 23.3 Å². The van der Waals surface area contributed by atoms with E-state index in [2.05, 4.69) is 15.2 Å². The summed E-state index contributed by atoms with van der Waals surface area (Å²) in [6, 6.07) is 3.81. The number of carbonyl (C=O) groups excluding carboxylic acids is 1. The number of amides is 1. The van der Waals surface area contributed by atoms with Crippen LogP contribution in [0.25, 0.3) is 0 Å². The van der Waals surface area contributed by atoms with Crippen LogP contribution in [0.2, 0.25) is 0 Å². The van der Waals surface area contributed by atoms with Gasteiger partial charge in [-0.3, -0.25) is 4.79 Å². The van der Waals surface area contributed by atoms with Crippen molar-refractivity contribution in [3.05, 3.63) is 18.3 Å². The Morgan fingerprint density at radius 1 is 1.36 bits per heavy atom. The van der Waals surface area contributed by atoms with E-state index < -0.39 is 0 Å². The van der Waals surface area contributed by atoms with Gasteiger partial charge in [0, 0.05) is 13.1 Å². The molecule has 4 heteroatoms. The lowest BCUT2D eigenvalue weighted by Crippen LogP contribution is -2.18. The van der Waals surface area contributed by atoms with Crippen LogP contribution in [0.15, 0.2) is 18.3 Å². The Kier molecular flexibility index (Phi) is 2.62. The summed E-state index contributed by atoms with van der Waals surface area (Å²) >= 11 is 0. The second kappa shape index (κ2) is 4.09. The fourth-order valence-corrected chi connectivity index (χ4v) is 1.67. The number of rotatable bonds is 3. The number of pyridine rings is 1. The highest BCUT2D eigenvalue weighted by molar-refractivity contribution is 5.71. The van der Waals surface area contributed by atoms with Crippen LogP contribution in [-0.4, -0.2) is 24.5 Å². The number of aromatic nitrogens is 1. The van der Waals surface area contributed by atoms with Crippen LogP contribution in [-0.2, 0) is 4.79 Å². The Labute approximate surface area is 82.9 Å². The standard InChI is InChI=1S/C10H13N3O/c14-8-12-9-3-4-10(11-7-9)13-5-1-2-6-13/h3-4,7-8H,1-2,5-6H2,(H,12,14). The molecule has 0 spiro atoms. The molecule has 0 aromatic carbocycles. The first-order valence-corrected chi connectivity index (χ1v) is 4.81. The minimum atomic E-state index is 0.659. The average Bonchev–Trinajstić information content (AvgIpc) is 2.72. The molecule has 74 valence electrons. The van der Waals surface area contributed by atoms with Crippen molar-refractivity contribution < 1.29 is 4.79 Å². The van der Waals surface area contributed by atoms with Crippen LogP contribution >= 0.6 is 0 Å². The molecule has 0 radical (unpaired) electrons. The predicted molar refractivity (Wildman–Crippen MR) is 55.4 cm³/mol. The van der Waals surface area contributed by atoms with Gasteiger partial charge in [-0.2, -0.15) is 0 Å². The molecule has 0 aliphatic carbocycles. The average molecular weight is 191 g/mol. The van der Waals surface area contributed by atoms with Crippen molar-refractivity contribution in [1.29, 1.82) is 0 Å². The first-order chi connectivity index (χ1) is 6.90. The van der Waals surface area contributed by atoms with Crippen LogP contribution in [0.3, 0.4) is 0 Å². The van der Waals surface area contributed by atoms with E-state index in [0.717, 1.165) is 24.6 Å². The first kappa shape index (κ1) is 8.99. The molecule has 14 heavy (non-hydrogen) atoms. The van der Waals surface area contributed by atoms with E-state index in [1.54, 1.807) is 6.20 Å². The van der Waals surface area contributed by atoms with Crippen molar-refractivity contribution in [1.82, 2.24) is 4.98 Å². The van der Waals surface area contributed by atoms with Crippen LogP contribution < -0.4 is 10.2 Å². The number of nitrogens with one attached hydrogen (secondary N) is 1. The predicted octanol–water partition coefficient (Wildman–Crippen LogP) is 1.25. The maximum atomic E-state index is 10.2. The third-order valence-electron chi connectivity index (χ3n) is 2.40. The van der Waals surface area contributed by atoms with E-state index in [4.69, 9.17) is 0 Å². The van der Waals surface area contributed by atoms with E-state index in [1.165, 1.54) is 12.8 Å². The van der Waals surface area contributed by atoms with Crippen molar-refractivity contribution in [2.45, 2.75) is 12.8 Å². The highest BCUT2D eigenvalue weighted by Gasteiger charge is 2.12. The zero-order valence-corrected chi connectivity index (χ0v) is 7.94. The Hall–Kier alpha value is -1.58. The maximum Gasteiger partial charge on any atom is 0.211 e. The molecule has 1 saturated heterocycles. The van der Waals surface area contributed by atoms with Gasteiger partial charge in [0.25, 0.3) is 0 Å². The summed E-state index contributed by atoms with van der Waals surface area (Å²) in [5.41, 5.74) is 0.739.